The average Bonchev–Trinajstić information content (AvgIpc) is 2.66. The Hall–Kier alpha value is -1.79. The van der Waals surface area contributed by atoms with Crippen molar-refractivity contribution in [2.24, 2.45) is 5.73 Å². The van der Waals surface area contributed by atoms with Crippen LogP contribution >= 0.6 is 0 Å². The highest BCUT2D eigenvalue weighted by Gasteiger charge is 2.08. The molecule has 2 rings (SSSR count). The first-order valence-corrected chi connectivity index (χ1v) is 4.83. The molecule has 0 amide bonds. The summed E-state index contributed by atoms with van der Waals surface area (Å²) in [7, 11) is 0. The van der Waals surface area contributed by atoms with Crippen LogP contribution in [0.25, 0.3) is 11.1 Å². The highest BCUT2D eigenvalue weighted by Crippen LogP contribution is 2.22. The van der Waals surface area contributed by atoms with Crippen molar-refractivity contribution in [3.63, 3.8) is 0 Å². The summed E-state index contributed by atoms with van der Waals surface area (Å²) in [6, 6.07) is 5.03. The van der Waals surface area contributed by atoms with E-state index in [2.05, 4.69) is 4.98 Å². The molecule has 0 fully saturated rings. The van der Waals surface area contributed by atoms with Crippen LogP contribution in [0.15, 0.2) is 27.4 Å². The summed E-state index contributed by atoms with van der Waals surface area (Å²) < 4.78 is 10.2. The van der Waals surface area contributed by atoms with Crippen LogP contribution in [0.1, 0.15) is 0 Å². The van der Waals surface area contributed by atoms with E-state index < -0.39 is 11.9 Å². The second-order valence-corrected chi connectivity index (χ2v) is 3.34. The molecule has 0 aliphatic rings. The topological polar surface area (TPSA) is 101 Å². The minimum Gasteiger partial charge on any atom is -0.489 e. The number of ether oxygens (including phenoxy) is 1. The summed E-state index contributed by atoms with van der Waals surface area (Å²) in [6.07, 6.45) is -0.728. The molecule has 86 valence electrons. The Kier molecular flexibility index (Phi) is 2.93. The van der Waals surface area contributed by atoms with E-state index >= 15 is 0 Å². The molecular formula is C10H12N2O4. The number of benzene rings is 1. The van der Waals surface area contributed by atoms with E-state index in [0.29, 0.717) is 16.8 Å². The van der Waals surface area contributed by atoms with Crippen LogP contribution in [0.4, 0.5) is 0 Å². The Balaban J connectivity index is 2.26. The van der Waals surface area contributed by atoms with Gasteiger partial charge in [0.15, 0.2) is 5.58 Å². The van der Waals surface area contributed by atoms with Crippen LogP contribution < -0.4 is 16.2 Å². The van der Waals surface area contributed by atoms with Gasteiger partial charge in [-0.1, -0.05) is 6.07 Å². The lowest BCUT2D eigenvalue weighted by Crippen LogP contribution is -2.26. The van der Waals surface area contributed by atoms with E-state index in [1.807, 2.05) is 0 Å². The molecule has 1 heterocycles. The van der Waals surface area contributed by atoms with Crippen molar-refractivity contribution >= 4 is 11.1 Å². The molecule has 0 aliphatic heterocycles. The van der Waals surface area contributed by atoms with Gasteiger partial charge in [-0.3, -0.25) is 4.98 Å². The number of aromatic nitrogens is 1. The number of para-hydroxylation sites is 1. The molecule has 0 saturated heterocycles. The highest BCUT2D eigenvalue weighted by atomic mass is 16.5. The average molecular weight is 224 g/mol. The van der Waals surface area contributed by atoms with Gasteiger partial charge in [-0.25, -0.2) is 4.79 Å². The molecule has 1 aromatic carbocycles. The van der Waals surface area contributed by atoms with Crippen LogP contribution in [0.3, 0.4) is 0 Å². The Morgan fingerprint density at radius 3 is 3.12 bits per heavy atom. The van der Waals surface area contributed by atoms with E-state index in [4.69, 9.17) is 14.9 Å². The minimum atomic E-state index is -0.728. The molecule has 0 spiro atoms. The largest absolute Gasteiger partial charge is 0.489 e. The number of nitrogens with one attached hydrogen (secondary N) is 1. The zero-order chi connectivity index (χ0) is 11.5. The van der Waals surface area contributed by atoms with Crippen LogP contribution in [0.2, 0.25) is 0 Å². The van der Waals surface area contributed by atoms with Gasteiger partial charge in [0.2, 0.25) is 0 Å². The highest BCUT2D eigenvalue weighted by molar-refractivity contribution is 5.79. The maximum Gasteiger partial charge on any atom is 0.417 e. The fraction of sp³-hybridized carbons (Fsp3) is 0.300. The fourth-order valence-corrected chi connectivity index (χ4v) is 1.32. The number of oxazole rings is 1. The summed E-state index contributed by atoms with van der Waals surface area (Å²) in [5, 5.41) is 9.25. The lowest BCUT2D eigenvalue weighted by molar-refractivity contribution is 0.115. The molecule has 6 nitrogen and oxygen atoms in total. The maximum atomic E-state index is 11.0. The normalized spacial score (nSPS) is 12.9. The first-order valence-electron chi connectivity index (χ1n) is 4.83. The SMILES string of the molecule is NC[C@H](O)COc1cccc2oc(=O)[nH]c12. The molecule has 0 saturated carbocycles. The number of H-pyrrole nitrogens is 1. The van der Waals surface area contributed by atoms with Crippen molar-refractivity contribution < 1.29 is 14.3 Å². The van der Waals surface area contributed by atoms with Crippen molar-refractivity contribution in [2.45, 2.75) is 6.10 Å². The van der Waals surface area contributed by atoms with Gasteiger partial charge in [0.25, 0.3) is 0 Å². The molecule has 0 aliphatic carbocycles. The third-order valence-corrected chi connectivity index (χ3v) is 2.12. The number of rotatable bonds is 4. The van der Waals surface area contributed by atoms with Crippen LogP contribution in [-0.2, 0) is 0 Å². The van der Waals surface area contributed by atoms with Crippen molar-refractivity contribution in [3.8, 4) is 5.75 Å². The zero-order valence-corrected chi connectivity index (χ0v) is 8.47. The standard InChI is InChI=1S/C10H12N2O4/c11-4-6(13)5-15-7-2-1-3-8-9(7)12-10(14)16-8/h1-3,6,13H,4-5,11H2,(H,12,14)/t6-/m0/s1. The number of hydrogen-bond donors (Lipinski definition) is 3. The Morgan fingerprint density at radius 2 is 2.38 bits per heavy atom. The number of aliphatic hydroxyl groups excluding tert-OH is 1. The van der Waals surface area contributed by atoms with Gasteiger partial charge >= 0.3 is 5.76 Å². The summed E-state index contributed by atoms with van der Waals surface area (Å²) in [4.78, 5) is 13.5. The van der Waals surface area contributed by atoms with Gasteiger partial charge in [0.1, 0.15) is 24.0 Å². The van der Waals surface area contributed by atoms with E-state index in [1.165, 1.54) is 0 Å². The van der Waals surface area contributed by atoms with Gasteiger partial charge in [0.05, 0.1) is 0 Å². The van der Waals surface area contributed by atoms with Crippen molar-refractivity contribution in [2.75, 3.05) is 13.2 Å². The van der Waals surface area contributed by atoms with E-state index in [-0.39, 0.29) is 13.2 Å². The van der Waals surface area contributed by atoms with Gasteiger partial charge < -0.3 is 20.0 Å². The first kappa shape index (κ1) is 10.7. The molecule has 1 aromatic heterocycles. The van der Waals surface area contributed by atoms with Crippen LogP contribution in [-0.4, -0.2) is 29.3 Å². The molecule has 16 heavy (non-hydrogen) atoms. The lowest BCUT2D eigenvalue weighted by atomic mass is 10.3. The van der Waals surface area contributed by atoms with Crippen LogP contribution in [0, 0.1) is 0 Å². The molecule has 1 atom stereocenters. The van der Waals surface area contributed by atoms with Gasteiger partial charge in [-0.15, -0.1) is 0 Å². The number of hydrogen-bond acceptors (Lipinski definition) is 5. The second kappa shape index (κ2) is 4.38. The molecule has 0 unspecified atom stereocenters. The van der Waals surface area contributed by atoms with Gasteiger partial charge in [-0.2, -0.15) is 0 Å². The number of fused-ring (bicyclic) bond motifs is 1. The van der Waals surface area contributed by atoms with Crippen LogP contribution in [0.5, 0.6) is 5.75 Å². The molecule has 4 N–H and O–H groups in total. The zero-order valence-electron chi connectivity index (χ0n) is 8.47. The van der Waals surface area contributed by atoms with E-state index in [0.717, 1.165) is 0 Å². The summed E-state index contributed by atoms with van der Waals surface area (Å²) in [6.45, 7) is 0.195. The Labute approximate surface area is 90.6 Å². The van der Waals surface area contributed by atoms with E-state index in [9.17, 15) is 9.90 Å². The molecule has 0 bridgehead atoms. The van der Waals surface area contributed by atoms with Crippen molar-refractivity contribution in [1.29, 1.82) is 0 Å². The summed E-state index contributed by atoms with van der Waals surface area (Å²) in [5.41, 5.74) is 6.15. The predicted octanol–water partition coefficient (Wildman–Crippen LogP) is -0.181. The third-order valence-electron chi connectivity index (χ3n) is 2.12. The maximum absolute atomic E-state index is 11.0. The number of aromatic amines is 1. The van der Waals surface area contributed by atoms with Crippen molar-refractivity contribution in [1.82, 2.24) is 4.98 Å². The molecule has 0 radical (unpaired) electrons. The number of nitrogens with two attached hydrogens (primary N) is 1. The molecular weight excluding hydrogens is 212 g/mol. The van der Waals surface area contributed by atoms with E-state index in [1.54, 1.807) is 18.2 Å². The summed E-state index contributed by atoms with van der Waals surface area (Å²) in [5.74, 6) is -0.0822. The smallest absolute Gasteiger partial charge is 0.417 e. The minimum absolute atomic E-state index is 0.0722. The lowest BCUT2D eigenvalue weighted by Gasteiger charge is -2.10. The predicted molar refractivity (Wildman–Crippen MR) is 57.4 cm³/mol. The molecule has 2 aromatic rings. The Morgan fingerprint density at radius 1 is 1.56 bits per heavy atom. The quantitative estimate of drug-likeness (QED) is 0.668. The third kappa shape index (κ3) is 2.07. The Bertz CT molecular complexity index is 531. The second-order valence-electron chi connectivity index (χ2n) is 3.34. The first-order chi connectivity index (χ1) is 7.70. The molecule has 6 heteroatoms. The van der Waals surface area contributed by atoms with Crippen molar-refractivity contribution in [3.05, 3.63) is 28.7 Å². The summed E-state index contributed by atoms with van der Waals surface area (Å²) >= 11 is 0. The van der Waals surface area contributed by atoms with Gasteiger partial charge in [-0.05, 0) is 12.1 Å². The van der Waals surface area contributed by atoms with Gasteiger partial charge in [0, 0.05) is 6.54 Å². The fourth-order valence-electron chi connectivity index (χ4n) is 1.32. The monoisotopic (exact) mass is 224 g/mol. The number of aliphatic hydroxyl groups is 1.